The van der Waals surface area contributed by atoms with Crippen LogP contribution in [0.3, 0.4) is 0 Å². The molecule has 0 radical (unpaired) electrons. The van der Waals surface area contributed by atoms with Gasteiger partial charge in [-0.2, -0.15) is 38.2 Å². The van der Waals surface area contributed by atoms with Crippen molar-refractivity contribution in [3.63, 3.8) is 0 Å². The molecule has 4 aromatic carbocycles. The summed E-state index contributed by atoms with van der Waals surface area (Å²) in [5, 5.41) is 9.56. The van der Waals surface area contributed by atoms with Gasteiger partial charge in [0.1, 0.15) is 16.3 Å². The van der Waals surface area contributed by atoms with Gasteiger partial charge in [-0.25, -0.2) is 0 Å². The van der Waals surface area contributed by atoms with Crippen LogP contribution in [0.25, 0.3) is 21.5 Å². The van der Waals surface area contributed by atoms with E-state index in [1.54, 1.807) is 18.2 Å². The van der Waals surface area contributed by atoms with Crippen molar-refractivity contribution in [1.82, 2.24) is 0 Å². The summed E-state index contributed by atoms with van der Waals surface area (Å²) in [4.78, 5) is 10.3. The summed E-state index contributed by atoms with van der Waals surface area (Å²) < 4.78 is 155. The molecule has 0 bridgehead atoms. The number of methoxy groups -OCH3 is 2. The average Bonchev–Trinajstić information content (AvgIpc) is 3.60. The highest BCUT2D eigenvalue weighted by Gasteiger charge is 2.49. The first kappa shape index (κ1) is 49.8. The van der Waals surface area contributed by atoms with Crippen LogP contribution in [0, 0.1) is 0 Å². The number of rotatable bonds is 19. The highest BCUT2D eigenvalue weighted by atomic mass is 32.2. The van der Waals surface area contributed by atoms with Gasteiger partial charge in [-0.3, -0.25) is 23.0 Å². The minimum Gasteiger partial charge on any atom is -0.481 e. The maximum Gasteiger partial charge on any atom is 0.303 e. The predicted molar refractivity (Wildman–Crippen MR) is 241 cm³/mol. The highest BCUT2D eigenvalue weighted by molar-refractivity contribution is 7.87. The molecule has 22 heteroatoms. The zero-order valence-electron chi connectivity index (χ0n) is 36.2. The maximum absolute atomic E-state index is 12.7. The van der Waals surface area contributed by atoms with Crippen LogP contribution in [0.2, 0.25) is 0 Å². The minimum atomic E-state index is -5.03. The van der Waals surface area contributed by atoms with E-state index in [4.69, 9.17) is 9.47 Å². The smallest absolute Gasteiger partial charge is 0.303 e. The molecule has 0 saturated heterocycles. The zero-order valence-corrected chi connectivity index (χ0v) is 39.4. The first-order valence-electron chi connectivity index (χ1n) is 20.4. The molecule has 6 rings (SSSR count). The SMILES string of the molecule is CCN1/C(=C/C=C/C2=[N+](CCCCCC(=O)O)c3ccc4c(S(=O)(=O)O)cc(S(=O)(=O)O)cc4c3C2(C)CCOC)C(C)(CCOC)c2c1ccc1c(S(=O)(=O)O)cc(S(=O)(=O)O)cc21. The second kappa shape index (κ2) is 18.2. The van der Waals surface area contributed by atoms with Crippen molar-refractivity contribution in [2.24, 2.45) is 0 Å². The molecule has 0 aromatic heterocycles. The summed E-state index contributed by atoms with van der Waals surface area (Å²) in [5.74, 6) is -0.943. The number of aliphatic carboxylic acids is 1. The highest BCUT2D eigenvalue weighted by Crippen LogP contribution is 2.54. The van der Waals surface area contributed by atoms with Crippen LogP contribution >= 0.6 is 0 Å². The van der Waals surface area contributed by atoms with Crippen LogP contribution in [0.4, 0.5) is 11.4 Å². The lowest BCUT2D eigenvalue weighted by molar-refractivity contribution is -0.438. The van der Waals surface area contributed by atoms with Crippen molar-refractivity contribution in [3.8, 4) is 0 Å². The summed E-state index contributed by atoms with van der Waals surface area (Å²) in [6.07, 6.45) is 7.37. The number of nitrogens with zero attached hydrogens (tertiary/aromatic N) is 2. The van der Waals surface area contributed by atoms with Gasteiger partial charge in [-0.05, 0) is 105 Å². The van der Waals surface area contributed by atoms with E-state index in [2.05, 4.69) is 0 Å². The van der Waals surface area contributed by atoms with Gasteiger partial charge in [-0.15, -0.1) is 0 Å². The van der Waals surface area contributed by atoms with Crippen molar-refractivity contribution in [2.75, 3.05) is 45.4 Å². The summed E-state index contributed by atoms with van der Waals surface area (Å²) >= 11 is 0. The molecule has 2 heterocycles. The monoisotopic (exact) mass is 979 g/mol. The van der Waals surface area contributed by atoms with Crippen molar-refractivity contribution in [2.45, 2.75) is 89.7 Å². The molecule has 4 aromatic rings. The van der Waals surface area contributed by atoms with Crippen molar-refractivity contribution < 1.29 is 75.8 Å². The van der Waals surface area contributed by atoms with E-state index in [1.165, 1.54) is 32.4 Å². The van der Waals surface area contributed by atoms with Gasteiger partial charge in [-0.1, -0.05) is 12.1 Å². The number of carboxylic acid groups (broad SMARTS) is 1. The van der Waals surface area contributed by atoms with Gasteiger partial charge in [0.05, 0.1) is 15.2 Å². The molecule has 0 amide bonds. The van der Waals surface area contributed by atoms with E-state index in [1.807, 2.05) is 42.4 Å². The van der Waals surface area contributed by atoms with Gasteiger partial charge in [0.2, 0.25) is 5.69 Å². The molecule has 0 spiro atoms. The third kappa shape index (κ3) is 9.51. The Morgan fingerprint density at radius 3 is 1.71 bits per heavy atom. The number of fused-ring (bicyclic) bond motifs is 6. The summed E-state index contributed by atoms with van der Waals surface area (Å²) in [6, 6.07) is 9.93. The van der Waals surface area contributed by atoms with Crippen LogP contribution in [-0.4, -0.2) is 114 Å². The number of carboxylic acids is 1. The number of benzene rings is 4. The maximum atomic E-state index is 12.7. The second-order valence-corrected chi connectivity index (χ2v) is 22.0. The number of likely N-dealkylation sites (N-methyl/N-ethyl adjacent to an activating group) is 1. The van der Waals surface area contributed by atoms with Gasteiger partial charge in [0.25, 0.3) is 40.5 Å². The fourth-order valence-electron chi connectivity index (χ4n) is 9.37. The molecule has 2 atom stereocenters. The van der Waals surface area contributed by atoms with E-state index in [9.17, 15) is 61.8 Å². The molecule has 0 saturated carbocycles. The Labute approximate surface area is 377 Å². The lowest BCUT2D eigenvalue weighted by Crippen LogP contribution is -2.33. The van der Waals surface area contributed by atoms with Crippen LogP contribution in [0.1, 0.15) is 70.4 Å². The minimum absolute atomic E-state index is 0.00574. The van der Waals surface area contributed by atoms with E-state index in [0.717, 1.165) is 6.07 Å². The summed E-state index contributed by atoms with van der Waals surface area (Å²) in [5.41, 5.74) is 1.36. The number of hydrogen-bond donors (Lipinski definition) is 5. The molecule has 2 unspecified atom stereocenters. The van der Waals surface area contributed by atoms with Gasteiger partial charge < -0.3 is 19.5 Å². The van der Waals surface area contributed by atoms with Crippen LogP contribution < -0.4 is 4.90 Å². The molecule has 352 valence electrons. The summed E-state index contributed by atoms with van der Waals surface area (Å²) in [6.45, 7) is 6.69. The predicted octanol–water partition coefficient (Wildman–Crippen LogP) is 6.29. The quantitative estimate of drug-likeness (QED) is 0.0392. The normalized spacial score (nSPS) is 19.9. The van der Waals surface area contributed by atoms with E-state index in [0.29, 0.717) is 78.4 Å². The van der Waals surface area contributed by atoms with E-state index in [-0.39, 0.29) is 54.0 Å². The van der Waals surface area contributed by atoms with Crippen LogP contribution in [-0.2, 0) is 65.6 Å². The Hall–Kier alpha value is -4.62. The Morgan fingerprint density at radius 1 is 0.692 bits per heavy atom. The molecular formula is C43H51N2O16S4+. The van der Waals surface area contributed by atoms with Crippen molar-refractivity contribution >= 4 is 85.1 Å². The fraction of sp³-hybridized carbons (Fsp3) is 0.395. The Bertz CT molecular complexity index is 3160. The molecule has 65 heavy (non-hydrogen) atoms. The molecule has 5 N–H and O–H groups in total. The average molecular weight is 980 g/mol. The molecule has 2 aliphatic heterocycles. The first-order valence-corrected chi connectivity index (χ1v) is 26.1. The number of unbranched alkanes of at least 4 members (excludes halogenated alkanes) is 2. The molecule has 0 aliphatic carbocycles. The van der Waals surface area contributed by atoms with E-state index >= 15 is 0 Å². The number of allylic oxidation sites excluding steroid dienone is 4. The van der Waals surface area contributed by atoms with Crippen molar-refractivity contribution in [3.05, 3.63) is 83.6 Å². The van der Waals surface area contributed by atoms with Crippen molar-refractivity contribution in [1.29, 1.82) is 0 Å². The zero-order chi connectivity index (χ0) is 48.1. The standard InChI is InChI=1S/C43H50N2O16S4/c1-6-44-33-16-14-29-31(23-27(62(48,49)50)25-35(29)64(54,55)56)40(33)42(2,18-21-60-4)37(44)11-10-12-38-43(3,19-22-61-5)41-32-24-28(63(51,52)53)26-36(65(57,58)59)30(32)15-17-34(41)45(38)20-9-7-8-13-39(46)47/h10-12,14-17,23-26H,6-9,13,18-22H2,1-5H3,(H4-,46,47,48,49,50,51,52,53,54,55,56,57,58,59)/p+1. The molecule has 2 aliphatic rings. The van der Waals surface area contributed by atoms with Gasteiger partial charge in [0, 0.05) is 92.1 Å². The lowest BCUT2D eigenvalue weighted by atomic mass is 9.74. The van der Waals surface area contributed by atoms with Crippen LogP contribution in [0.15, 0.2) is 92.0 Å². The number of hydrogen-bond acceptors (Lipinski definition) is 12. The topological polar surface area (TPSA) is 279 Å². The van der Waals surface area contributed by atoms with Gasteiger partial charge in [0.15, 0.2) is 5.71 Å². The third-order valence-corrected chi connectivity index (χ3v) is 15.8. The Balaban J connectivity index is 1.63. The van der Waals surface area contributed by atoms with Gasteiger partial charge >= 0.3 is 5.97 Å². The van der Waals surface area contributed by atoms with Crippen LogP contribution in [0.5, 0.6) is 0 Å². The number of ether oxygens (including phenoxy) is 2. The molecular weight excluding hydrogens is 929 g/mol. The third-order valence-electron chi connectivity index (χ3n) is 12.4. The Kier molecular flexibility index (Phi) is 14.0. The number of carbonyl (C=O) groups is 1. The lowest BCUT2D eigenvalue weighted by Gasteiger charge is -2.30. The Morgan fingerprint density at radius 2 is 1.22 bits per heavy atom. The fourth-order valence-corrected chi connectivity index (χ4v) is 12.1. The molecule has 18 nitrogen and oxygen atoms in total. The largest absolute Gasteiger partial charge is 0.481 e. The second-order valence-electron chi connectivity index (χ2n) is 16.4. The van der Waals surface area contributed by atoms with E-state index < -0.39 is 76.9 Å². The first-order chi connectivity index (χ1) is 30.2. The summed E-state index contributed by atoms with van der Waals surface area (Å²) in [7, 11) is -17.0. The number of anilines is 1. The molecule has 0 fully saturated rings.